The third-order valence-corrected chi connectivity index (χ3v) is 7.03. The van der Waals surface area contributed by atoms with Gasteiger partial charge in [0.15, 0.2) is 11.5 Å². The summed E-state index contributed by atoms with van der Waals surface area (Å²) in [6.45, 7) is 0.566. The minimum Gasteiger partial charge on any atom is -0.493 e. The van der Waals surface area contributed by atoms with Crippen LogP contribution < -0.4 is 24.4 Å². The number of methoxy groups -OCH3 is 1. The lowest BCUT2D eigenvalue weighted by Crippen LogP contribution is -2.54. The molecule has 0 aliphatic carbocycles. The zero-order chi connectivity index (χ0) is 29.6. The summed E-state index contributed by atoms with van der Waals surface area (Å²) in [6.07, 6.45) is 1.39. The monoisotopic (exact) mass is 646 g/mol. The number of hydrogen-bond acceptors (Lipinski definition) is 6. The summed E-state index contributed by atoms with van der Waals surface area (Å²) in [7, 11) is 1.57. The van der Waals surface area contributed by atoms with Crippen LogP contribution in [0.4, 0.5) is 10.5 Å². The first-order chi connectivity index (χ1) is 20.3. The minimum atomic E-state index is -0.861. The van der Waals surface area contributed by atoms with E-state index in [1.54, 1.807) is 43.5 Å². The molecule has 10 heteroatoms. The second kappa shape index (κ2) is 12.9. The highest BCUT2D eigenvalue weighted by atomic mass is 79.9. The number of nitrogens with one attached hydrogen (secondary N) is 1. The molecule has 8 nitrogen and oxygen atoms in total. The molecule has 4 aromatic carbocycles. The molecule has 5 rings (SSSR count). The smallest absolute Gasteiger partial charge is 0.335 e. The van der Waals surface area contributed by atoms with Crippen molar-refractivity contribution in [2.75, 3.05) is 12.0 Å². The van der Waals surface area contributed by atoms with Crippen LogP contribution in [0.1, 0.15) is 16.7 Å². The van der Waals surface area contributed by atoms with Crippen molar-refractivity contribution in [1.82, 2.24) is 5.32 Å². The van der Waals surface area contributed by atoms with Crippen LogP contribution in [0.25, 0.3) is 6.08 Å². The summed E-state index contributed by atoms with van der Waals surface area (Å²) in [5.74, 6) is -0.0288. The number of urea groups is 1. The van der Waals surface area contributed by atoms with Crippen molar-refractivity contribution in [3.8, 4) is 17.2 Å². The topological polar surface area (TPSA) is 94.2 Å². The van der Waals surface area contributed by atoms with E-state index in [1.807, 2.05) is 48.5 Å². The Bertz CT molecular complexity index is 1690. The third kappa shape index (κ3) is 6.64. The highest BCUT2D eigenvalue weighted by Gasteiger charge is 2.37. The van der Waals surface area contributed by atoms with Gasteiger partial charge in [-0.2, -0.15) is 0 Å². The van der Waals surface area contributed by atoms with Crippen molar-refractivity contribution in [3.05, 3.63) is 123 Å². The van der Waals surface area contributed by atoms with Gasteiger partial charge in [0.2, 0.25) is 0 Å². The van der Waals surface area contributed by atoms with Gasteiger partial charge in [-0.1, -0.05) is 70.0 Å². The van der Waals surface area contributed by atoms with Crippen LogP contribution in [0.5, 0.6) is 17.2 Å². The average Bonchev–Trinajstić information content (AvgIpc) is 2.98. The maximum atomic E-state index is 13.3. The van der Waals surface area contributed by atoms with Crippen molar-refractivity contribution in [3.63, 3.8) is 0 Å². The van der Waals surface area contributed by atoms with Gasteiger partial charge in [-0.15, -0.1) is 0 Å². The molecule has 212 valence electrons. The summed E-state index contributed by atoms with van der Waals surface area (Å²) < 4.78 is 18.3. The van der Waals surface area contributed by atoms with Gasteiger partial charge in [0, 0.05) is 15.1 Å². The number of carbonyl (C=O) groups excluding carboxylic acids is 3. The second-order valence-electron chi connectivity index (χ2n) is 9.17. The van der Waals surface area contributed by atoms with E-state index in [2.05, 4.69) is 21.2 Å². The van der Waals surface area contributed by atoms with Crippen molar-refractivity contribution >= 4 is 57.1 Å². The largest absolute Gasteiger partial charge is 0.493 e. The van der Waals surface area contributed by atoms with Crippen LogP contribution in [0.3, 0.4) is 0 Å². The summed E-state index contributed by atoms with van der Waals surface area (Å²) in [5.41, 5.74) is 2.30. The molecular weight excluding hydrogens is 624 g/mol. The first-order valence-electron chi connectivity index (χ1n) is 12.8. The number of barbiturate groups is 1. The molecule has 0 saturated carbocycles. The number of anilines is 1. The standard InChI is InChI=1S/C32H24BrClN2O6/c1-40-29-14-21(10-12-28(29)42-18-20-6-3-2-4-7-20)19-41-27-13-11-23(33)15-22(27)16-26-30(37)35-32(39)36(31(26)38)25-9-5-8-24(34)17-25/h2-17H,18-19H2,1H3,(H,35,37,39)/b26-16+. The van der Waals surface area contributed by atoms with Crippen molar-refractivity contribution in [2.45, 2.75) is 13.2 Å². The van der Waals surface area contributed by atoms with Gasteiger partial charge < -0.3 is 14.2 Å². The van der Waals surface area contributed by atoms with Gasteiger partial charge in [-0.25, -0.2) is 9.69 Å². The van der Waals surface area contributed by atoms with Crippen LogP contribution >= 0.6 is 27.5 Å². The van der Waals surface area contributed by atoms with E-state index >= 15 is 0 Å². The maximum absolute atomic E-state index is 13.3. The molecule has 4 aromatic rings. The first kappa shape index (κ1) is 28.9. The highest BCUT2D eigenvalue weighted by molar-refractivity contribution is 9.10. The third-order valence-electron chi connectivity index (χ3n) is 6.30. The van der Waals surface area contributed by atoms with Crippen LogP contribution in [0, 0.1) is 0 Å². The molecule has 0 bridgehead atoms. The molecule has 1 heterocycles. The molecule has 1 fully saturated rings. The van der Waals surface area contributed by atoms with Crippen LogP contribution in [-0.4, -0.2) is 25.0 Å². The molecule has 1 saturated heterocycles. The zero-order valence-electron chi connectivity index (χ0n) is 22.3. The molecule has 0 aromatic heterocycles. The first-order valence-corrected chi connectivity index (χ1v) is 13.9. The fourth-order valence-corrected chi connectivity index (χ4v) is 4.81. The van der Waals surface area contributed by atoms with Gasteiger partial charge in [-0.3, -0.25) is 14.9 Å². The quantitative estimate of drug-likeness (QED) is 0.156. The van der Waals surface area contributed by atoms with E-state index in [4.69, 9.17) is 25.8 Å². The Labute approximate surface area is 255 Å². The number of benzene rings is 4. The molecule has 4 amide bonds. The average molecular weight is 648 g/mol. The van der Waals surface area contributed by atoms with E-state index in [0.29, 0.717) is 38.9 Å². The Morgan fingerprint density at radius 2 is 1.55 bits per heavy atom. The van der Waals surface area contributed by atoms with Crippen molar-refractivity contribution < 1.29 is 28.6 Å². The van der Waals surface area contributed by atoms with E-state index in [-0.39, 0.29) is 17.9 Å². The van der Waals surface area contributed by atoms with Crippen molar-refractivity contribution in [2.24, 2.45) is 0 Å². The van der Waals surface area contributed by atoms with Gasteiger partial charge in [0.05, 0.1) is 12.8 Å². The Morgan fingerprint density at radius 3 is 2.31 bits per heavy atom. The SMILES string of the molecule is COc1cc(COc2ccc(Br)cc2/C=C2\C(=O)NC(=O)N(c3cccc(Cl)c3)C2=O)ccc1OCc1ccccc1. The molecule has 0 radical (unpaired) electrons. The van der Waals surface area contributed by atoms with E-state index in [1.165, 1.54) is 12.1 Å². The lowest BCUT2D eigenvalue weighted by Gasteiger charge is -2.26. The molecule has 0 atom stereocenters. The second-order valence-corrected chi connectivity index (χ2v) is 10.5. The Kier molecular flexibility index (Phi) is 8.90. The van der Waals surface area contributed by atoms with Crippen LogP contribution in [0.15, 0.2) is 101 Å². The number of imide groups is 2. The number of rotatable bonds is 9. The molecular formula is C32H24BrClN2O6. The molecule has 1 aliphatic rings. The lowest BCUT2D eigenvalue weighted by atomic mass is 10.1. The number of ether oxygens (including phenoxy) is 3. The predicted octanol–water partition coefficient (Wildman–Crippen LogP) is 6.94. The molecule has 0 unspecified atom stereocenters. The lowest BCUT2D eigenvalue weighted by molar-refractivity contribution is -0.122. The molecule has 42 heavy (non-hydrogen) atoms. The van der Waals surface area contributed by atoms with Crippen LogP contribution in [-0.2, 0) is 22.8 Å². The molecule has 0 spiro atoms. The zero-order valence-corrected chi connectivity index (χ0v) is 24.6. The van der Waals surface area contributed by atoms with Crippen molar-refractivity contribution in [1.29, 1.82) is 0 Å². The van der Waals surface area contributed by atoms with E-state index < -0.39 is 17.8 Å². The molecule has 1 aliphatic heterocycles. The number of amides is 4. The predicted molar refractivity (Wildman–Crippen MR) is 163 cm³/mol. The van der Waals surface area contributed by atoms with E-state index in [0.717, 1.165) is 16.0 Å². The summed E-state index contributed by atoms with van der Waals surface area (Å²) in [5, 5.41) is 2.55. The Balaban J connectivity index is 1.36. The van der Waals surface area contributed by atoms with Gasteiger partial charge in [0.1, 0.15) is 24.5 Å². The fourth-order valence-electron chi connectivity index (χ4n) is 4.24. The fraction of sp³-hybridized carbons (Fsp3) is 0.0938. The number of nitrogens with zero attached hydrogens (tertiary/aromatic N) is 1. The number of halogens is 2. The van der Waals surface area contributed by atoms with Gasteiger partial charge in [-0.05, 0) is 65.7 Å². The summed E-state index contributed by atoms with van der Waals surface area (Å²) in [4.78, 5) is 39.5. The highest BCUT2D eigenvalue weighted by Crippen LogP contribution is 2.32. The number of hydrogen-bond donors (Lipinski definition) is 1. The summed E-state index contributed by atoms with van der Waals surface area (Å²) in [6, 6.07) is 25.9. The minimum absolute atomic E-state index is 0.167. The van der Waals surface area contributed by atoms with Gasteiger partial charge >= 0.3 is 6.03 Å². The number of carbonyl (C=O) groups is 3. The summed E-state index contributed by atoms with van der Waals surface area (Å²) >= 11 is 9.49. The van der Waals surface area contributed by atoms with E-state index in [9.17, 15) is 14.4 Å². The van der Waals surface area contributed by atoms with Gasteiger partial charge in [0.25, 0.3) is 11.8 Å². The Hall–Kier alpha value is -4.60. The maximum Gasteiger partial charge on any atom is 0.335 e. The Morgan fingerprint density at radius 1 is 0.810 bits per heavy atom. The molecule has 1 N–H and O–H groups in total. The normalized spacial score (nSPS) is 14.1. The van der Waals surface area contributed by atoms with Crippen LogP contribution in [0.2, 0.25) is 5.02 Å².